The summed E-state index contributed by atoms with van der Waals surface area (Å²) in [6, 6.07) is 124. The molecule has 11 nitrogen and oxygen atoms in total. The van der Waals surface area contributed by atoms with Gasteiger partial charge in [0.15, 0.2) is 11.6 Å². The summed E-state index contributed by atoms with van der Waals surface area (Å²) in [6.45, 7) is 0.200. The number of rotatable bonds is 16. The molecule has 2 aliphatic heterocycles. The van der Waals surface area contributed by atoms with E-state index in [0.29, 0.717) is 56.2 Å². The van der Waals surface area contributed by atoms with Crippen LogP contribution in [0.3, 0.4) is 0 Å². The lowest BCUT2D eigenvalue weighted by Crippen LogP contribution is -2.61. The fourth-order valence-electron chi connectivity index (χ4n) is 15.4. The lowest BCUT2D eigenvalue weighted by Gasteiger charge is -2.44. The summed E-state index contributed by atoms with van der Waals surface area (Å²) in [5, 5.41) is 1.42. The van der Waals surface area contributed by atoms with E-state index in [0.717, 1.165) is 101 Å². The van der Waals surface area contributed by atoms with Gasteiger partial charge < -0.3 is 23.8 Å². The lowest BCUT2D eigenvalue weighted by atomic mass is 9.33. The Morgan fingerprint density at radius 2 is 0.694 bits per heavy atom. The molecule has 0 spiro atoms. The predicted octanol–water partition coefficient (Wildman–Crippen LogP) is 20.8. The van der Waals surface area contributed by atoms with Crippen molar-refractivity contribution in [1.82, 2.24) is 24.5 Å². The Bertz CT molecular complexity index is 6150. The van der Waals surface area contributed by atoms with Gasteiger partial charge in [0, 0.05) is 78.3 Å². The number of carbonyl (C=O) groups is 2. The van der Waals surface area contributed by atoms with Gasteiger partial charge in [0.25, 0.3) is 6.71 Å². The Morgan fingerprint density at radius 1 is 0.296 bits per heavy atom. The molecule has 5 heterocycles. The summed E-state index contributed by atoms with van der Waals surface area (Å²) in [5.41, 5.74) is 25.1. The topological polar surface area (TPSA) is 116 Å². The number of para-hydroxylation sites is 3. The van der Waals surface area contributed by atoms with Gasteiger partial charge in [0.2, 0.25) is 0 Å². The average Bonchev–Trinajstić information content (AvgIpc) is 0.854. The molecule has 0 radical (unpaired) electrons. The van der Waals surface area contributed by atoms with Crippen LogP contribution in [-0.4, -0.2) is 43.2 Å². The summed E-state index contributed by atoms with van der Waals surface area (Å²) in [4.78, 5) is 55.2. The Kier molecular flexibility index (Phi) is 16.5. The molecule has 0 amide bonds. The predicted molar refractivity (Wildman–Crippen MR) is 435 cm³/mol. The quantitative estimate of drug-likeness (QED) is 0.0684. The van der Waals surface area contributed by atoms with Crippen molar-refractivity contribution in [1.29, 1.82) is 0 Å². The Morgan fingerprint density at radius 3 is 1.24 bits per heavy atom. The molecular weight excluding hydrogens is 1330 g/mol. The monoisotopic (exact) mass is 1390 g/mol. The molecule has 0 atom stereocenters. The molecule has 19 rings (SSSR count). The number of aromatic nitrogens is 5. The van der Waals surface area contributed by atoms with Gasteiger partial charge in [0.05, 0.1) is 50.6 Å². The molecule has 17 aromatic rings. The first-order valence-corrected chi connectivity index (χ1v) is 36.1. The van der Waals surface area contributed by atoms with Crippen molar-refractivity contribution < 1.29 is 19.1 Å². The van der Waals surface area contributed by atoms with Crippen LogP contribution >= 0.6 is 0 Å². The minimum Gasteiger partial charge on any atom is -0.457 e. The molecule has 12 heteroatoms. The van der Waals surface area contributed by atoms with Gasteiger partial charge in [-0.3, -0.25) is 0 Å². The number of anilines is 6. The summed E-state index contributed by atoms with van der Waals surface area (Å²) in [7, 11) is 0. The third kappa shape index (κ3) is 12.0. The number of esters is 2. The smallest absolute Gasteiger partial charge is 0.338 e. The van der Waals surface area contributed by atoms with Crippen LogP contribution in [0.25, 0.3) is 106 Å². The third-order valence-corrected chi connectivity index (χ3v) is 20.5. The molecule has 14 aromatic carbocycles. The van der Waals surface area contributed by atoms with E-state index in [-0.39, 0.29) is 19.9 Å². The van der Waals surface area contributed by atoms with Gasteiger partial charge in [-0.15, -0.1) is 0 Å². The van der Waals surface area contributed by atoms with Crippen LogP contribution in [0.1, 0.15) is 31.8 Å². The second kappa shape index (κ2) is 27.7. The molecule has 0 saturated carbocycles. The second-order valence-electron chi connectivity index (χ2n) is 27.1. The zero-order valence-corrected chi connectivity index (χ0v) is 58.4. The van der Waals surface area contributed by atoms with Gasteiger partial charge in [-0.25, -0.2) is 29.5 Å². The molecule has 3 aromatic heterocycles. The highest BCUT2D eigenvalue weighted by Crippen LogP contribution is 2.46. The number of hydrogen-bond acceptors (Lipinski definition) is 10. The summed E-state index contributed by atoms with van der Waals surface area (Å²) in [6.07, 6.45) is 0. The number of hydrogen-bond donors (Lipinski definition) is 0. The normalized spacial score (nSPS) is 12.0. The first-order valence-electron chi connectivity index (χ1n) is 36.1. The maximum atomic E-state index is 14.2. The number of benzene rings is 14. The Labute approximate surface area is 624 Å². The molecule has 2 aliphatic rings. The van der Waals surface area contributed by atoms with Gasteiger partial charge in [-0.2, -0.15) is 0 Å². The van der Waals surface area contributed by atoms with Crippen LogP contribution in [0, 0.1) is 0 Å². The van der Waals surface area contributed by atoms with Gasteiger partial charge in [0.1, 0.15) is 13.2 Å². The first kappa shape index (κ1) is 64.5. The first-order chi connectivity index (χ1) is 53.4. The van der Waals surface area contributed by atoms with E-state index in [1.807, 2.05) is 158 Å². The van der Waals surface area contributed by atoms with Crippen molar-refractivity contribution >= 4 is 91.0 Å². The summed E-state index contributed by atoms with van der Waals surface area (Å²) >= 11 is 0. The SMILES string of the molecule is O=C(OCc1ccccc1)c1ccc2c(c1)c1cc(C(=O)OCc3ccccc3)ccc1n2-c1ccc(-c2cc(-c3ccccc3)nc(-c3ccccc3)n2)cc1-c1nc(-c2ccccc2)cc(-c2cccc(-c3cccc(N4c5ccccc5B5c6ccccc6N(c6ccccc6)c6cccc4c65)c3)c2)n1. The van der Waals surface area contributed by atoms with Crippen molar-refractivity contribution in [2.45, 2.75) is 13.2 Å². The Balaban J connectivity index is 0.780. The highest BCUT2D eigenvalue weighted by molar-refractivity contribution is 7.00. The molecule has 108 heavy (non-hydrogen) atoms. The van der Waals surface area contributed by atoms with E-state index in [9.17, 15) is 9.59 Å². The maximum absolute atomic E-state index is 14.2. The van der Waals surface area contributed by atoms with E-state index in [2.05, 4.69) is 208 Å². The average molecular weight is 1390 g/mol. The Hall–Kier alpha value is -14.4. The maximum Gasteiger partial charge on any atom is 0.338 e. The minimum atomic E-state index is -0.487. The number of ether oxygens (including phenoxy) is 2. The van der Waals surface area contributed by atoms with Crippen molar-refractivity contribution in [3.8, 4) is 84.6 Å². The zero-order chi connectivity index (χ0) is 72.0. The summed E-state index contributed by atoms with van der Waals surface area (Å²) in [5.74, 6) is 0.0357. The van der Waals surface area contributed by atoms with Crippen LogP contribution < -0.4 is 26.2 Å². The van der Waals surface area contributed by atoms with E-state index >= 15 is 0 Å². The van der Waals surface area contributed by atoms with Crippen LogP contribution in [0.5, 0.6) is 0 Å². The lowest BCUT2D eigenvalue weighted by molar-refractivity contribution is 0.0464. The van der Waals surface area contributed by atoms with E-state index in [4.69, 9.17) is 29.4 Å². The second-order valence-corrected chi connectivity index (χ2v) is 27.1. The van der Waals surface area contributed by atoms with Crippen LogP contribution in [0.4, 0.5) is 34.1 Å². The molecule has 0 bridgehead atoms. The molecule has 510 valence electrons. The third-order valence-electron chi connectivity index (χ3n) is 20.5. The van der Waals surface area contributed by atoms with Crippen LogP contribution in [0.2, 0.25) is 0 Å². The number of fused-ring (bicyclic) bond motifs is 7. The molecule has 0 fully saturated rings. The van der Waals surface area contributed by atoms with Crippen LogP contribution in [0.15, 0.2) is 364 Å². The zero-order valence-electron chi connectivity index (χ0n) is 58.4. The van der Waals surface area contributed by atoms with Crippen molar-refractivity contribution in [2.24, 2.45) is 0 Å². The van der Waals surface area contributed by atoms with E-state index < -0.39 is 11.9 Å². The fraction of sp³-hybridized carbons (Fsp3) is 0.0208. The number of carbonyl (C=O) groups excluding carboxylic acids is 2. The summed E-state index contributed by atoms with van der Waals surface area (Å²) < 4.78 is 14.1. The van der Waals surface area contributed by atoms with Gasteiger partial charge >= 0.3 is 11.9 Å². The minimum absolute atomic E-state index is 0.0125. The van der Waals surface area contributed by atoms with Crippen molar-refractivity contribution in [2.75, 3.05) is 9.80 Å². The standard InChI is InChI=1S/C96H64BN7O4/c105-95(107-61-63-26-7-1-8-27-63)72-49-52-85-76(57-72)77-58-73(96(106)108-62-64-28-9-2-10-29-64)50-53-86(77)104(85)87-51-48-71(84-59-81(65-30-11-3-12-31-65)98-93(99-84)67-34-15-5-16-35-67)56-78(87)94-100-82(66-32-13-4-14-33-66)60-83(101-94)70-38-23-36-68(54-70)69-37-24-41-75(55-69)103-89-45-22-20-43-80(89)97-79-42-19-21-44-88(79)102(74-39-17-6-18-40-74)90-46-25-47-91(103)92(90)97/h1-60H,61-62H2. The number of nitrogens with zero attached hydrogens (tertiary/aromatic N) is 7. The molecular formula is C96H64BN7O4. The molecule has 0 aliphatic carbocycles. The highest BCUT2D eigenvalue weighted by atomic mass is 16.5. The largest absolute Gasteiger partial charge is 0.457 e. The highest BCUT2D eigenvalue weighted by Gasteiger charge is 2.43. The fourth-order valence-corrected chi connectivity index (χ4v) is 15.4. The molecule has 0 N–H and O–H groups in total. The van der Waals surface area contributed by atoms with E-state index in [1.54, 1.807) is 12.1 Å². The van der Waals surface area contributed by atoms with Gasteiger partial charge in [-0.05, 0) is 154 Å². The van der Waals surface area contributed by atoms with Crippen molar-refractivity contribution in [3.63, 3.8) is 0 Å². The molecule has 0 unspecified atom stereocenters. The van der Waals surface area contributed by atoms with Gasteiger partial charge in [-0.1, -0.05) is 249 Å². The van der Waals surface area contributed by atoms with Crippen molar-refractivity contribution in [3.05, 3.63) is 386 Å². The van der Waals surface area contributed by atoms with E-state index in [1.165, 1.54) is 22.1 Å². The van der Waals surface area contributed by atoms with Crippen LogP contribution in [-0.2, 0) is 22.7 Å². The molecule has 0 saturated heterocycles.